The van der Waals surface area contributed by atoms with Crippen LogP contribution in [0.3, 0.4) is 0 Å². The summed E-state index contributed by atoms with van der Waals surface area (Å²) in [4.78, 5) is 2.50. The van der Waals surface area contributed by atoms with Gasteiger partial charge in [-0.2, -0.15) is 0 Å². The Hall–Kier alpha value is -0.940. The Balaban J connectivity index is 2.32. The lowest BCUT2D eigenvalue weighted by Crippen LogP contribution is -2.48. The lowest BCUT2D eigenvalue weighted by Gasteiger charge is -2.41. The van der Waals surface area contributed by atoms with Crippen molar-refractivity contribution in [3.05, 3.63) is 35.4 Å². The molecule has 0 spiro atoms. The van der Waals surface area contributed by atoms with Crippen LogP contribution >= 0.6 is 0 Å². The van der Waals surface area contributed by atoms with Crippen LogP contribution < -0.4 is 5.73 Å². The lowest BCUT2D eigenvalue weighted by atomic mass is 9.93. The second-order valence-corrected chi connectivity index (χ2v) is 5.26. The molecule has 0 aromatic heterocycles. The van der Waals surface area contributed by atoms with E-state index >= 15 is 0 Å². The maximum absolute atomic E-state index is 5.93. The average molecular weight is 278 g/mol. The predicted octanol–water partition coefficient (Wildman–Crippen LogP) is 1.94. The summed E-state index contributed by atoms with van der Waals surface area (Å²) in [6.07, 6.45) is 1.20. The number of nitrogens with zero attached hydrogens (tertiary/aromatic N) is 1. The monoisotopic (exact) mass is 278 g/mol. The molecule has 1 heterocycles. The molecule has 1 fully saturated rings. The normalized spacial score (nSPS) is 23.9. The van der Waals surface area contributed by atoms with Gasteiger partial charge in [0.1, 0.15) is 0 Å². The van der Waals surface area contributed by atoms with E-state index in [1.54, 1.807) is 7.11 Å². The summed E-state index contributed by atoms with van der Waals surface area (Å²) in [5.41, 5.74) is 8.45. The molecule has 112 valence electrons. The Labute approximate surface area is 121 Å². The molecule has 0 bridgehead atoms. The summed E-state index contributed by atoms with van der Waals surface area (Å²) in [5, 5.41) is 0. The van der Waals surface area contributed by atoms with Crippen LogP contribution in [-0.2, 0) is 16.1 Å². The molecule has 0 aliphatic carbocycles. The molecule has 0 amide bonds. The number of rotatable bonds is 6. The molecule has 2 atom stereocenters. The van der Waals surface area contributed by atoms with E-state index < -0.39 is 0 Å². The van der Waals surface area contributed by atoms with E-state index in [9.17, 15) is 0 Å². The molecular weight excluding hydrogens is 252 g/mol. The fourth-order valence-electron chi connectivity index (χ4n) is 3.03. The highest BCUT2D eigenvalue weighted by molar-refractivity contribution is 5.31. The van der Waals surface area contributed by atoms with Gasteiger partial charge < -0.3 is 15.2 Å². The maximum atomic E-state index is 5.93. The minimum atomic E-state index is 0.0632. The first kappa shape index (κ1) is 15.4. The third-order valence-electron chi connectivity index (χ3n) is 3.87. The van der Waals surface area contributed by atoms with Crippen molar-refractivity contribution >= 4 is 0 Å². The third-order valence-corrected chi connectivity index (χ3v) is 3.87. The second kappa shape index (κ2) is 7.74. The van der Waals surface area contributed by atoms with E-state index in [0.29, 0.717) is 13.2 Å². The molecule has 2 unspecified atom stereocenters. The number of nitrogens with two attached hydrogens (primary N) is 1. The first-order chi connectivity index (χ1) is 9.81. The van der Waals surface area contributed by atoms with Crippen LogP contribution in [0.25, 0.3) is 0 Å². The van der Waals surface area contributed by atoms with Gasteiger partial charge in [-0.25, -0.2) is 0 Å². The van der Waals surface area contributed by atoms with Crippen LogP contribution in [0.2, 0.25) is 0 Å². The van der Waals surface area contributed by atoms with Crippen LogP contribution in [0, 0.1) is 0 Å². The van der Waals surface area contributed by atoms with Gasteiger partial charge in [-0.1, -0.05) is 31.2 Å². The highest BCUT2D eigenvalue weighted by atomic mass is 16.5. The number of hydrogen-bond donors (Lipinski definition) is 1. The number of benzene rings is 1. The zero-order valence-electron chi connectivity index (χ0n) is 12.5. The van der Waals surface area contributed by atoms with Crippen molar-refractivity contribution in [1.82, 2.24) is 4.90 Å². The second-order valence-electron chi connectivity index (χ2n) is 5.26. The smallest absolute Gasteiger partial charge is 0.0894 e. The topological polar surface area (TPSA) is 47.7 Å². The summed E-state index contributed by atoms with van der Waals surface area (Å²) in [6, 6.07) is 8.69. The van der Waals surface area contributed by atoms with Crippen molar-refractivity contribution in [3.8, 4) is 0 Å². The summed E-state index contributed by atoms with van der Waals surface area (Å²) in [7, 11) is 1.73. The van der Waals surface area contributed by atoms with Gasteiger partial charge in [-0.3, -0.25) is 4.90 Å². The van der Waals surface area contributed by atoms with Crippen molar-refractivity contribution < 1.29 is 9.47 Å². The molecule has 2 N–H and O–H groups in total. The van der Waals surface area contributed by atoms with Gasteiger partial charge in [-0.05, 0) is 24.1 Å². The van der Waals surface area contributed by atoms with Gasteiger partial charge in [0.05, 0.1) is 25.4 Å². The summed E-state index contributed by atoms with van der Waals surface area (Å²) < 4.78 is 11.2. The van der Waals surface area contributed by atoms with Gasteiger partial charge in [0, 0.05) is 20.2 Å². The third kappa shape index (κ3) is 3.38. The Morgan fingerprint density at radius 3 is 2.90 bits per heavy atom. The molecule has 1 aliphatic heterocycles. The highest BCUT2D eigenvalue weighted by Gasteiger charge is 2.33. The molecule has 0 radical (unpaired) electrons. The molecule has 1 saturated heterocycles. The largest absolute Gasteiger partial charge is 0.380 e. The van der Waals surface area contributed by atoms with Crippen molar-refractivity contribution in [2.24, 2.45) is 5.73 Å². The van der Waals surface area contributed by atoms with Gasteiger partial charge in [0.25, 0.3) is 0 Å². The number of morpholine rings is 1. The van der Waals surface area contributed by atoms with Gasteiger partial charge in [0.15, 0.2) is 0 Å². The van der Waals surface area contributed by atoms with E-state index in [2.05, 4.69) is 36.1 Å². The average Bonchev–Trinajstić information content (AvgIpc) is 2.48. The van der Waals surface area contributed by atoms with Gasteiger partial charge in [0.2, 0.25) is 0 Å². The zero-order valence-corrected chi connectivity index (χ0v) is 12.5. The molecule has 4 heteroatoms. The van der Waals surface area contributed by atoms with Crippen LogP contribution in [0.1, 0.15) is 30.5 Å². The zero-order chi connectivity index (χ0) is 14.4. The van der Waals surface area contributed by atoms with Crippen molar-refractivity contribution in [2.75, 3.05) is 33.4 Å². The number of hydrogen-bond acceptors (Lipinski definition) is 4. The molecule has 1 aromatic carbocycles. The van der Waals surface area contributed by atoms with Crippen LogP contribution in [0.15, 0.2) is 24.3 Å². The van der Waals surface area contributed by atoms with Crippen molar-refractivity contribution in [3.63, 3.8) is 0 Å². The fraction of sp³-hybridized carbons (Fsp3) is 0.625. The van der Waals surface area contributed by atoms with E-state index in [1.807, 2.05) is 0 Å². The first-order valence-electron chi connectivity index (χ1n) is 7.44. The SMILES string of the molecule is CCCN1CCOC(CN)C1c1ccccc1COC. The van der Waals surface area contributed by atoms with Crippen LogP contribution in [0.4, 0.5) is 0 Å². The van der Waals surface area contributed by atoms with Crippen LogP contribution in [0.5, 0.6) is 0 Å². The molecular formula is C16H26N2O2. The molecule has 2 rings (SSSR count). The molecule has 1 aliphatic rings. The quantitative estimate of drug-likeness (QED) is 0.864. The highest BCUT2D eigenvalue weighted by Crippen LogP contribution is 2.31. The molecule has 1 aromatic rings. The number of ether oxygens (including phenoxy) is 2. The molecule has 0 saturated carbocycles. The Morgan fingerprint density at radius 2 is 2.20 bits per heavy atom. The van der Waals surface area contributed by atoms with Crippen molar-refractivity contribution in [1.29, 1.82) is 0 Å². The molecule has 20 heavy (non-hydrogen) atoms. The van der Waals surface area contributed by atoms with Crippen molar-refractivity contribution in [2.45, 2.75) is 32.1 Å². The van der Waals surface area contributed by atoms with E-state index in [-0.39, 0.29) is 12.1 Å². The van der Waals surface area contributed by atoms with Crippen LogP contribution in [-0.4, -0.2) is 44.4 Å². The van der Waals surface area contributed by atoms with E-state index in [1.165, 1.54) is 11.1 Å². The summed E-state index contributed by atoms with van der Waals surface area (Å²) in [6.45, 7) is 6.20. The minimum absolute atomic E-state index is 0.0632. The Kier molecular flexibility index (Phi) is 5.98. The van der Waals surface area contributed by atoms with Gasteiger partial charge in [-0.15, -0.1) is 0 Å². The Morgan fingerprint density at radius 1 is 1.40 bits per heavy atom. The number of methoxy groups -OCH3 is 1. The first-order valence-corrected chi connectivity index (χ1v) is 7.44. The predicted molar refractivity (Wildman–Crippen MR) is 80.6 cm³/mol. The van der Waals surface area contributed by atoms with Gasteiger partial charge >= 0.3 is 0 Å². The maximum Gasteiger partial charge on any atom is 0.0894 e. The fourth-order valence-corrected chi connectivity index (χ4v) is 3.03. The standard InChI is InChI=1S/C16H26N2O2/c1-3-8-18-9-10-20-15(11-17)16(18)14-7-5-4-6-13(14)12-19-2/h4-7,15-16H,3,8-12,17H2,1-2H3. The molecule has 4 nitrogen and oxygen atoms in total. The van der Waals surface area contributed by atoms with E-state index in [0.717, 1.165) is 26.1 Å². The lowest BCUT2D eigenvalue weighted by molar-refractivity contribution is -0.0681. The summed E-state index contributed by atoms with van der Waals surface area (Å²) >= 11 is 0. The Bertz CT molecular complexity index is 409. The summed E-state index contributed by atoms with van der Waals surface area (Å²) in [5.74, 6) is 0. The van der Waals surface area contributed by atoms with E-state index in [4.69, 9.17) is 15.2 Å². The minimum Gasteiger partial charge on any atom is -0.380 e.